The van der Waals surface area contributed by atoms with E-state index in [1.165, 1.54) is 5.56 Å². The van der Waals surface area contributed by atoms with Gasteiger partial charge in [0.2, 0.25) is 5.91 Å². The van der Waals surface area contributed by atoms with Crippen LogP contribution in [-0.4, -0.2) is 49.8 Å². The Morgan fingerprint density at radius 3 is 2.63 bits per heavy atom. The summed E-state index contributed by atoms with van der Waals surface area (Å²) in [6.07, 6.45) is 1.21. The highest BCUT2D eigenvalue weighted by Crippen LogP contribution is 2.11. The minimum Gasteiger partial charge on any atom is -0.494 e. The van der Waals surface area contributed by atoms with E-state index in [0.717, 1.165) is 25.4 Å². The molecule has 3 rings (SSSR count). The van der Waals surface area contributed by atoms with E-state index in [-0.39, 0.29) is 12.0 Å². The Bertz CT molecular complexity index is 678. The molecule has 2 aromatic carbocycles. The molecule has 0 saturated carbocycles. The van der Waals surface area contributed by atoms with Crippen LogP contribution in [0.4, 0.5) is 0 Å². The SMILES string of the molecule is O=C(CCCOc1ccccc1)NCC1CN(Cc2ccccc2)CCO1. The smallest absolute Gasteiger partial charge is 0.220 e. The quantitative estimate of drug-likeness (QED) is 0.692. The van der Waals surface area contributed by atoms with E-state index >= 15 is 0 Å². The molecule has 5 nitrogen and oxygen atoms in total. The van der Waals surface area contributed by atoms with Gasteiger partial charge in [-0.25, -0.2) is 0 Å². The molecule has 0 bridgehead atoms. The number of para-hydroxylation sites is 1. The second-order valence-corrected chi connectivity index (χ2v) is 6.78. The molecule has 144 valence electrons. The van der Waals surface area contributed by atoms with Gasteiger partial charge in [0.15, 0.2) is 0 Å². The second kappa shape index (κ2) is 10.7. The van der Waals surface area contributed by atoms with Gasteiger partial charge in [-0.1, -0.05) is 48.5 Å². The van der Waals surface area contributed by atoms with Gasteiger partial charge in [-0.2, -0.15) is 0 Å². The van der Waals surface area contributed by atoms with Crippen LogP contribution in [0.25, 0.3) is 0 Å². The number of ether oxygens (including phenoxy) is 2. The molecule has 2 aromatic rings. The maximum Gasteiger partial charge on any atom is 0.220 e. The van der Waals surface area contributed by atoms with Crippen molar-refractivity contribution in [3.05, 3.63) is 66.2 Å². The fourth-order valence-electron chi connectivity index (χ4n) is 3.14. The monoisotopic (exact) mass is 368 g/mol. The van der Waals surface area contributed by atoms with Crippen molar-refractivity contribution in [1.29, 1.82) is 0 Å². The van der Waals surface area contributed by atoms with E-state index in [9.17, 15) is 4.79 Å². The van der Waals surface area contributed by atoms with E-state index in [0.29, 0.717) is 32.6 Å². The van der Waals surface area contributed by atoms with Crippen LogP contribution in [0.5, 0.6) is 5.75 Å². The minimum atomic E-state index is 0.0481. The van der Waals surface area contributed by atoms with Crippen LogP contribution in [0.1, 0.15) is 18.4 Å². The zero-order valence-electron chi connectivity index (χ0n) is 15.7. The molecule has 1 aliphatic heterocycles. The summed E-state index contributed by atoms with van der Waals surface area (Å²) < 4.78 is 11.4. The largest absolute Gasteiger partial charge is 0.494 e. The molecule has 0 aliphatic carbocycles. The van der Waals surface area contributed by atoms with Gasteiger partial charge >= 0.3 is 0 Å². The number of hydrogen-bond donors (Lipinski definition) is 1. The standard InChI is InChI=1S/C22H28N2O3/c25-22(12-7-14-26-20-10-5-2-6-11-20)23-16-21-18-24(13-15-27-21)17-19-8-3-1-4-9-19/h1-6,8-11,21H,7,12-18H2,(H,23,25). The highest BCUT2D eigenvalue weighted by molar-refractivity contribution is 5.75. The van der Waals surface area contributed by atoms with E-state index < -0.39 is 0 Å². The van der Waals surface area contributed by atoms with Crippen molar-refractivity contribution in [3.63, 3.8) is 0 Å². The molecule has 1 N–H and O–H groups in total. The number of hydrogen-bond acceptors (Lipinski definition) is 4. The Morgan fingerprint density at radius 1 is 1.11 bits per heavy atom. The lowest BCUT2D eigenvalue weighted by Gasteiger charge is -2.33. The Hall–Kier alpha value is -2.37. The zero-order chi connectivity index (χ0) is 18.7. The highest BCUT2D eigenvalue weighted by atomic mass is 16.5. The Morgan fingerprint density at radius 2 is 1.85 bits per heavy atom. The summed E-state index contributed by atoms with van der Waals surface area (Å²) >= 11 is 0. The number of amides is 1. The lowest BCUT2D eigenvalue weighted by atomic mass is 10.2. The van der Waals surface area contributed by atoms with Crippen molar-refractivity contribution in [2.24, 2.45) is 0 Å². The summed E-state index contributed by atoms with van der Waals surface area (Å²) in [4.78, 5) is 14.4. The van der Waals surface area contributed by atoms with Crippen molar-refractivity contribution in [1.82, 2.24) is 10.2 Å². The predicted molar refractivity (Wildman–Crippen MR) is 106 cm³/mol. The van der Waals surface area contributed by atoms with Gasteiger partial charge in [-0.15, -0.1) is 0 Å². The molecule has 1 atom stereocenters. The van der Waals surface area contributed by atoms with E-state index in [2.05, 4.69) is 34.5 Å². The van der Waals surface area contributed by atoms with Gasteiger partial charge in [0, 0.05) is 32.6 Å². The minimum absolute atomic E-state index is 0.0481. The van der Waals surface area contributed by atoms with Crippen LogP contribution < -0.4 is 10.1 Å². The number of benzene rings is 2. The van der Waals surface area contributed by atoms with Gasteiger partial charge in [0.1, 0.15) is 5.75 Å². The number of morpholine rings is 1. The van der Waals surface area contributed by atoms with Crippen LogP contribution >= 0.6 is 0 Å². The van der Waals surface area contributed by atoms with Gasteiger partial charge in [0.25, 0.3) is 0 Å². The first-order chi connectivity index (χ1) is 13.3. The Labute approximate surface area is 161 Å². The van der Waals surface area contributed by atoms with Crippen LogP contribution in [-0.2, 0) is 16.1 Å². The number of carbonyl (C=O) groups excluding carboxylic acids is 1. The third-order valence-electron chi connectivity index (χ3n) is 4.56. The molecule has 0 spiro atoms. The molecule has 1 aliphatic rings. The number of nitrogens with zero attached hydrogens (tertiary/aromatic N) is 1. The summed E-state index contributed by atoms with van der Waals surface area (Å²) in [5.74, 6) is 0.891. The molecule has 1 amide bonds. The first kappa shape index (κ1) is 19.4. The summed E-state index contributed by atoms with van der Waals surface area (Å²) in [7, 11) is 0. The Balaban J connectivity index is 1.30. The summed E-state index contributed by atoms with van der Waals surface area (Å²) in [6.45, 7) is 4.50. The zero-order valence-corrected chi connectivity index (χ0v) is 15.7. The predicted octanol–water partition coefficient (Wildman–Crippen LogP) is 2.86. The Kier molecular flexibility index (Phi) is 7.69. The van der Waals surface area contributed by atoms with Gasteiger partial charge in [0.05, 0.1) is 19.3 Å². The average Bonchev–Trinajstić information content (AvgIpc) is 2.71. The maximum atomic E-state index is 12.0. The molecule has 0 radical (unpaired) electrons. The van der Waals surface area contributed by atoms with Gasteiger partial charge in [-0.3, -0.25) is 9.69 Å². The fourth-order valence-corrected chi connectivity index (χ4v) is 3.14. The molecule has 5 heteroatoms. The van der Waals surface area contributed by atoms with Crippen molar-refractivity contribution in [2.45, 2.75) is 25.5 Å². The van der Waals surface area contributed by atoms with Crippen LogP contribution in [0.15, 0.2) is 60.7 Å². The van der Waals surface area contributed by atoms with Crippen molar-refractivity contribution >= 4 is 5.91 Å². The molecule has 0 aromatic heterocycles. The van der Waals surface area contributed by atoms with Crippen molar-refractivity contribution in [2.75, 3.05) is 32.8 Å². The average molecular weight is 368 g/mol. The molecule has 1 saturated heterocycles. The van der Waals surface area contributed by atoms with Gasteiger partial charge < -0.3 is 14.8 Å². The fraction of sp³-hybridized carbons (Fsp3) is 0.409. The lowest BCUT2D eigenvalue weighted by molar-refractivity contribution is -0.122. The molecule has 1 fully saturated rings. The second-order valence-electron chi connectivity index (χ2n) is 6.78. The van der Waals surface area contributed by atoms with Crippen LogP contribution in [0, 0.1) is 0 Å². The van der Waals surface area contributed by atoms with Gasteiger partial charge in [-0.05, 0) is 24.1 Å². The molecule has 27 heavy (non-hydrogen) atoms. The lowest BCUT2D eigenvalue weighted by Crippen LogP contribution is -2.47. The highest BCUT2D eigenvalue weighted by Gasteiger charge is 2.20. The normalized spacial score (nSPS) is 17.4. The van der Waals surface area contributed by atoms with E-state index in [1.54, 1.807) is 0 Å². The molecular weight excluding hydrogens is 340 g/mol. The number of carbonyl (C=O) groups is 1. The topological polar surface area (TPSA) is 50.8 Å². The maximum absolute atomic E-state index is 12.0. The third-order valence-corrected chi connectivity index (χ3v) is 4.56. The molecular formula is C22H28N2O3. The van der Waals surface area contributed by atoms with Crippen LogP contribution in [0.2, 0.25) is 0 Å². The molecule has 1 unspecified atom stereocenters. The number of rotatable bonds is 9. The summed E-state index contributed by atoms with van der Waals surface area (Å²) in [5, 5.41) is 2.99. The number of nitrogens with one attached hydrogen (secondary N) is 1. The first-order valence-corrected chi connectivity index (χ1v) is 9.62. The summed E-state index contributed by atoms with van der Waals surface area (Å²) in [5.41, 5.74) is 1.31. The van der Waals surface area contributed by atoms with E-state index in [1.807, 2.05) is 36.4 Å². The van der Waals surface area contributed by atoms with Crippen molar-refractivity contribution in [3.8, 4) is 5.75 Å². The first-order valence-electron chi connectivity index (χ1n) is 9.62. The third kappa shape index (κ3) is 7.04. The van der Waals surface area contributed by atoms with Crippen LogP contribution in [0.3, 0.4) is 0 Å². The summed E-state index contributed by atoms with van der Waals surface area (Å²) in [6, 6.07) is 20.1. The van der Waals surface area contributed by atoms with E-state index in [4.69, 9.17) is 9.47 Å². The van der Waals surface area contributed by atoms with Crippen molar-refractivity contribution < 1.29 is 14.3 Å². The molecule has 1 heterocycles.